The van der Waals surface area contributed by atoms with Crippen LogP contribution in [0.5, 0.6) is 0 Å². The summed E-state index contributed by atoms with van der Waals surface area (Å²) < 4.78 is 0. The van der Waals surface area contributed by atoms with Crippen LogP contribution < -0.4 is 5.32 Å². The van der Waals surface area contributed by atoms with E-state index in [-0.39, 0.29) is 11.5 Å². The number of fused-ring (bicyclic) bond motifs is 1. The van der Waals surface area contributed by atoms with E-state index < -0.39 is 5.97 Å². The average molecular weight is 444 g/mol. The van der Waals surface area contributed by atoms with E-state index in [9.17, 15) is 9.59 Å². The van der Waals surface area contributed by atoms with Gasteiger partial charge in [-0.2, -0.15) is 0 Å². The molecule has 0 aliphatic carbocycles. The van der Waals surface area contributed by atoms with Crippen LogP contribution in [-0.2, 0) is 4.79 Å². The van der Waals surface area contributed by atoms with E-state index >= 15 is 0 Å². The molecule has 1 amide bonds. The number of para-hydroxylation sites is 1. The number of hydrogen-bond acceptors (Lipinski definition) is 5. The van der Waals surface area contributed by atoms with E-state index in [1.165, 1.54) is 6.20 Å². The molecule has 0 atom stereocenters. The summed E-state index contributed by atoms with van der Waals surface area (Å²) in [5, 5.41) is 13.6. The van der Waals surface area contributed by atoms with Crippen LogP contribution in [0.15, 0.2) is 58.6 Å². The number of aromatic nitrogens is 1. The fraction of sp³-hybridized carbons (Fsp3) is 0. The highest BCUT2D eigenvalue weighted by Crippen LogP contribution is 2.35. The smallest absolute Gasteiger partial charge is 0.337 e. The third-order valence-electron chi connectivity index (χ3n) is 4.05. The summed E-state index contributed by atoms with van der Waals surface area (Å²) in [5.41, 5.74) is 1.88. The van der Waals surface area contributed by atoms with Crippen molar-refractivity contribution < 1.29 is 14.7 Å². The third-order valence-corrected chi connectivity index (χ3v) is 5.57. The Morgan fingerprint density at radius 2 is 1.93 bits per heavy atom. The Balaban J connectivity index is 1.65. The Labute approximate surface area is 179 Å². The Hall–Kier alpha value is -2.87. The van der Waals surface area contributed by atoms with E-state index in [1.807, 2.05) is 0 Å². The van der Waals surface area contributed by atoms with Crippen LogP contribution in [0.3, 0.4) is 0 Å². The molecular weight excluding hydrogens is 433 g/mol. The number of halogens is 2. The van der Waals surface area contributed by atoms with Crippen molar-refractivity contribution in [2.75, 3.05) is 0 Å². The molecular formula is C20H11Cl2N3O3S. The number of nitrogens with one attached hydrogen (secondary N) is 1. The van der Waals surface area contributed by atoms with E-state index in [2.05, 4.69) is 15.3 Å². The number of pyridine rings is 1. The molecule has 0 radical (unpaired) electrons. The lowest BCUT2D eigenvalue weighted by molar-refractivity contribution is -0.115. The van der Waals surface area contributed by atoms with Gasteiger partial charge in [-0.25, -0.2) is 9.79 Å². The van der Waals surface area contributed by atoms with Crippen LogP contribution in [-0.4, -0.2) is 27.1 Å². The molecule has 3 aromatic rings. The fourth-order valence-electron chi connectivity index (χ4n) is 2.69. The number of carbonyl (C=O) groups excluding carboxylic acids is 1. The first-order valence-electron chi connectivity index (χ1n) is 8.27. The fourth-order valence-corrected chi connectivity index (χ4v) is 4.00. The standard InChI is InChI=1S/C20H11Cl2N3O3S/c21-13-2-1-3-14(22)17(13)24-20-25-18(26)16(29-20)7-10-4-5-15-11(6-10)8-12(9-23-15)19(27)28/h1-9H,(H,27,28)(H,24,25,26). The van der Waals surface area contributed by atoms with Crippen LogP contribution in [0.25, 0.3) is 17.0 Å². The zero-order valence-electron chi connectivity index (χ0n) is 14.5. The second kappa shape index (κ2) is 7.87. The molecule has 1 saturated heterocycles. The van der Waals surface area contributed by atoms with Gasteiger partial charge in [0.05, 0.1) is 26.0 Å². The van der Waals surface area contributed by atoms with Gasteiger partial charge in [-0.3, -0.25) is 9.78 Å². The van der Waals surface area contributed by atoms with Gasteiger partial charge in [0.2, 0.25) is 0 Å². The molecule has 0 unspecified atom stereocenters. The number of amides is 1. The average Bonchev–Trinajstić information content (AvgIpc) is 3.03. The summed E-state index contributed by atoms with van der Waals surface area (Å²) >= 11 is 13.4. The van der Waals surface area contributed by atoms with Gasteiger partial charge >= 0.3 is 5.97 Å². The molecule has 1 aliphatic rings. The molecule has 0 saturated carbocycles. The first-order valence-corrected chi connectivity index (χ1v) is 9.84. The van der Waals surface area contributed by atoms with Gasteiger partial charge in [-0.1, -0.05) is 35.3 Å². The van der Waals surface area contributed by atoms with E-state index in [0.717, 1.165) is 17.3 Å². The number of amidine groups is 1. The van der Waals surface area contributed by atoms with Crippen molar-refractivity contribution in [2.45, 2.75) is 0 Å². The third kappa shape index (κ3) is 4.12. The van der Waals surface area contributed by atoms with Crippen molar-refractivity contribution in [3.63, 3.8) is 0 Å². The summed E-state index contributed by atoms with van der Waals surface area (Å²) in [7, 11) is 0. The maximum atomic E-state index is 12.3. The lowest BCUT2D eigenvalue weighted by Crippen LogP contribution is -2.19. The van der Waals surface area contributed by atoms with E-state index in [1.54, 1.807) is 48.5 Å². The van der Waals surface area contributed by atoms with Crippen molar-refractivity contribution in [3.8, 4) is 0 Å². The predicted octanol–water partition coefficient (Wildman–Crippen LogP) is 5.13. The maximum Gasteiger partial charge on any atom is 0.337 e. The number of carboxylic acid groups (broad SMARTS) is 1. The number of carboxylic acids is 1. The van der Waals surface area contributed by atoms with Crippen molar-refractivity contribution in [1.82, 2.24) is 10.3 Å². The number of nitrogens with zero attached hydrogens (tertiary/aromatic N) is 2. The number of hydrogen-bond donors (Lipinski definition) is 2. The van der Waals surface area contributed by atoms with Crippen LogP contribution >= 0.6 is 35.0 Å². The number of aromatic carboxylic acids is 1. The number of rotatable bonds is 3. The number of carbonyl (C=O) groups is 2. The minimum Gasteiger partial charge on any atom is -0.478 e. The summed E-state index contributed by atoms with van der Waals surface area (Å²) in [6.07, 6.45) is 3.01. The summed E-state index contributed by atoms with van der Waals surface area (Å²) in [6, 6.07) is 11.9. The SMILES string of the molecule is O=C1NC(=Nc2c(Cl)cccc2Cl)SC1=Cc1ccc2ncc(C(=O)O)cc2c1. The maximum absolute atomic E-state index is 12.3. The minimum atomic E-state index is -1.05. The van der Waals surface area contributed by atoms with Crippen LogP contribution in [0, 0.1) is 0 Å². The zero-order valence-corrected chi connectivity index (χ0v) is 16.8. The van der Waals surface area contributed by atoms with Gasteiger partial charge in [0.25, 0.3) is 5.91 Å². The van der Waals surface area contributed by atoms with Gasteiger partial charge in [-0.05, 0) is 53.7 Å². The molecule has 9 heteroatoms. The van der Waals surface area contributed by atoms with E-state index in [0.29, 0.717) is 36.7 Å². The number of benzene rings is 2. The molecule has 1 aromatic heterocycles. The molecule has 2 aromatic carbocycles. The van der Waals surface area contributed by atoms with Crippen LogP contribution in [0.1, 0.15) is 15.9 Å². The largest absolute Gasteiger partial charge is 0.478 e. The summed E-state index contributed by atoms with van der Waals surface area (Å²) in [5.74, 6) is -1.34. The zero-order chi connectivity index (χ0) is 20.5. The minimum absolute atomic E-state index is 0.0984. The quantitative estimate of drug-likeness (QED) is 0.547. The van der Waals surface area contributed by atoms with Crippen molar-refractivity contribution in [2.24, 2.45) is 4.99 Å². The second-order valence-corrected chi connectivity index (χ2v) is 7.88. The number of aliphatic imine (C=N–C) groups is 1. The highest BCUT2D eigenvalue weighted by atomic mass is 35.5. The number of thioether (sulfide) groups is 1. The van der Waals surface area contributed by atoms with Crippen molar-refractivity contribution in [3.05, 3.63) is 74.7 Å². The Morgan fingerprint density at radius 3 is 2.66 bits per heavy atom. The van der Waals surface area contributed by atoms with Crippen molar-refractivity contribution in [1.29, 1.82) is 0 Å². The topological polar surface area (TPSA) is 91.7 Å². The van der Waals surface area contributed by atoms with Gasteiger partial charge < -0.3 is 10.4 Å². The molecule has 0 spiro atoms. The van der Waals surface area contributed by atoms with Gasteiger partial charge in [0.1, 0.15) is 5.69 Å². The lowest BCUT2D eigenvalue weighted by Gasteiger charge is -2.02. The predicted molar refractivity (Wildman–Crippen MR) is 116 cm³/mol. The van der Waals surface area contributed by atoms with Gasteiger partial charge in [-0.15, -0.1) is 0 Å². The van der Waals surface area contributed by atoms with Gasteiger partial charge in [0.15, 0.2) is 5.17 Å². The van der Waals surface area contributed by atoms with Crippen LogP contribution in [0.4, 0.5) is 5.69 Å². The lowest BCUT2D eigenvalue weighted by atomic mass is 10.1. The molecule has 144 valence electrons. The molecule has 0 bridgehead atoms. The molecule has 1 aliphatic heterocycles. The summed E-state index contributed by atoms with van der Waals surface area (Å²) in [4.78, 5) is 32.4. The normalized spacial score (nSPS) is 16.6. The second-order valence-electron chi connectivity index (χ2n) is 6.03. The molecule has 6 nitrogen and oxygen atoms in total. The molecule has 4 rings (SSSR count). The highest BCUT2D eigenvalue weighted by molar-refractivity contribution is 8.18. The van der Waals surface area contributed by atoms with E-state index in [4.69, 9.17) is 28.3 Å². The Kier molecular flexibility index (Phi) is 5.27. The van der Waals surface area contributed by atoms with Gasteiger partial charge in [0, 0.05) is 11.6 Å². The molecule has 2 heterocycles. The Morgan fingerprint density at radius 1 is 1.17 bits per heavy atom. The highest BCUT2D eigenvalue weighted by Gasteiger charge is 2.24. The first-order chi connectivity index (χ1) is 13.9. The monoisotopic (exact) mass is 443 g/mol. The Bertz CT molecular complexity index is 1220. The molecule has 2 N–H and O–H groups in total. The van der Waals surface area contributed by atoms with Crippen LogP contribution in [0.2, 0.25) is 10.0 Å². The molecule has 29 heavy (non-hydrogen) atoms. The molecule has 1 fully saturated rings. The first kappa shape index (κ1) is 19.4. The van der Waals surface area contributed by atoms with Crippen molar-refractivity contribution >= 4 is 74.7 Å². The summed E-state index contributed by atoms with van der Waals surface area (Å²) in [6.45, 7) is 0.